The molecular formula is C14H19N3O3. The van der Waals surface area contributed by atoms with E-state index in [0.717, 1.165) is 11.1 Å². The molecule has 0 saturated carbocycles. The van der Waals surface area contributed by atoms with Crippen molar-refractivity contribution in [3.05, 3.63) is 29.6 Å². The SMILES string of the molecule is COCCOCCc1noc(-c2ccc(C)c(N)c2)n1. The minimum Gasteiger partial charge on any atom is -0.398 e. The smallest absolute Gasteiger partial charge is 0.257 e. The van der Waals surface area contributed by atoms with Crippen molar-refractivity contribution in [1.82, 2.24) is 10.1 Å². The quantitative estimate of drug-likeness (QED) is 0.614. The van der Waals surface area contributed by atoms with Crippen LogP contribution in [0.25, 0.3) is 11.5 Å². The molecule has 108 valence electrons. The Morgan fingerprint density at radius 1 is 1.25 bits per heavy atom. The summed E-state index contributed by atoms with van der Waals surface area (Å²) in [6, 6.07) is 5.68. The zero-order chi connectivity index (χ0) is 14.4. The minimum absolute atomic E-state index is 0.476. The van der Waals surface area contributed by atoms with Crippen LogP contribution >= 0.6 is 0 Å². The number of hydrogen-bond acceptors (Lipinski definition) is 6. The lowest BCUT2D eigenvalue weighted by Crippen LogP contribution is -2.05. The summed E-state index contributed by atoms with van der Waals surface area (Å²) < 4.78 is 15.5. The van der Waals surface area contributed by atoms with Crippen molar-refractivity contribution in [1.29, 1.82) is 0 Å². The van der Waals surface area contributed by atoms with Gasteiger partial charge in [0.05, 0.1) is 19.8 Å². The van der Waals surface area contributed by atoms with Crippen LogP contribution in [0.15, 0.2) is 22.7 Å². The molecule has 6 nitrogen and oxygen atoms in total. The Morgan fingerprint density at radius 3 is 2.85 bits per heavy atom. The summed E-state index contributed by atoms with van der Waals surface area (Å²) in [6.07, 6.45) is 0.606. The molecule has 2 rings (SSSR count). The second kappa shape index (κ2) is 7.02. The molecule has 0 aliphatic heterocycles. The highest BCUT2D eigenvalue weighted by Gasteiger charge is 2.09. The van der Waals surface area contributed by atoms with E-state index in [2.05, 4.69) is 10.1 Å². The van der Waals surface area contributed by atoms with Gasteiger partial charge in [-0.15, -0.1) is 0 Å². The molecular weight excluding hydrogens is 258 g/mol. The Morgan fingerprint density at radius 2 is 2.10 bits per heavy atom. The summed E-state index contributed by atoms with van der Waals surface area (Å²) in [7, 11) is 1.64. The minimum atomic E-state index is 0.476. The van der Waals surface area contributed by atoms with E-state index in [0.29, 0.717) is 43.6 Å². The van der Waals surface area contributed by atoms with Crippen molar-refractivity contribution in [2.45, 2.75) is 13.3 Å². The van der Waals surface area contributed by atoms with E-state index in [9.17, 15) is 0 Å². The number of aromatic nitrogens is 2. The fourth-order valence-electron chi connectivity index (χ4n) is 1.65. The molecule has 0 fully saturated rings. The standard InChI is InChI=1S/C14H19N3O3/c1-10-3-4-11(9-12(10)15)14-16-13(17-20-14)5-6-19-8-7-18-2/h3-4,9H,5-8,15H2,1-2H3. The maximum Gasteiger partial charge on any atom is 0.257 e. The number of aryl methyl sites for hydroxylation is 1. The van der Waals surface area contributed by atoms with Crippen LogP contribution in [0.3, 0.4) is 0 Å². The predicted octanol–water partition coefficient (Wildman–Crippen LogP) is 1.83. The van der Waals surface area contributed by atoms with Crippen LogP contribution in [0.4, 0.5) is 5.69 Å². The number of hydrogen-bond donors (Lipinski definition) is 1. The molecule has 1 aromatic carbocycles. The molecule has 0 aliphatic rings. The summed E-state index contributed by atoms with van der Waals surface area (Å²) in [5.74, 6) is 1.10. The highest BCUT2D eigenvalue weighted by Crippen LogP contribution is 2.22. The van der Waals surface area contributed by atoms with Crippen molar-refractivity contribution in [2.24, 2.45) is 0 Å². The number of nitrogen functional groups attached to an aromatic ring is 1. The largest absolute Gasteiger partial charge is 0.398 e. The maximum atomic E-state index is 5.87. The Hall–Kier alpha value is -1.92. The lowest BCUT2D eigenvalue weighted by Gasteiger charge is -2.01. The average molecular weight is 277 g/mol. The van der Waals surface area contributed by atoms with Gasteiger partial charge in [-0.25, -0.2) is 0 Å². The fraction of sp³-hybridized carbons (Fsp3) is 0.429. The van der Waals surface area contributed by atoms with E-state index in [4.69, 9.17) is 19.7 Å². The highest BCUT2D eigenvalue weighted by molar-refractivity contribution is 5.62. The van der Waals surface area contributed by atoms with Crippen LogP contribution in [0.5, 0.6) is 0 Å². The third kappa shape index (κ3) is 3.79. The molecule has 0 saturated heterocycles. The third-order valence-electron chi connectivity index (χ3n) is 2.90. The summed E-state index contributed by atoms with van der Waals surface area (Å²) in [5.41, 5.74) is 8.44. The molecule has 6 heteroatoms. The Labute approximate surface area is 117 Å². The molecule has 2 aromatic rings. The van der Waals surface area contributed by atoms with Crippen LogP contribution in [-0.2, 0) is 15.9 Å². The van der Waals surface area contributed by atoms with Crippen molar-refractivity contribution >= 4 is 5.69 Å². The third-order valence-corrected chi connectivity index (χ3v) is 2.90. The van der Waals surface area contributed by atoms with E-state index in [1.165, 1.54) is 0 Å². The summed E-state index contributed by atoms with van der Waals surface area (Å²) in [6.45, 7) is 3.64. The van der Waals surface area contributed by atoms with Crippen LogP contribution in [0, 0.1) is 6.92 Å². The molecule has 0 aliphatic carbocycles. The first kappa shape index (κ1) is 14.5. The summed E-state index contributed by atoms with van der Waals surface area (Å²) in [4.78, 5) is 4.32. The van der Waals surface area contributed by atoms with Gasteiger partial charge < -0.3 is 19.7 Å². The molecule has 20 heavy (non-hydrogen) atoms. The van der Waals surface area contributed by atoms with Gasteiger partial charge in [-0.05, 0) is 24.6 Å². The van der Waals surface area contributed by atoms with E-state index in [1.54, 1.807) is 7.11 Å². The monoisotopic (exact) mass is 277 g/mol. The zero-order valence-electron chi connectivity index (χ0n) is 11.8. The lowest BCUT2D eigenvalue weighted by molar-refractivity contribution is 0.0714. The molecule has 0 radical (unpaired) electrons. The van der Waals surface area contributed by atoms with Gasteiger partial charge in [0.2, 0.25) is 0 Å². The molecule has 0 bridgehead atoms. The second-order valence-electron chi connectivity index (χ2n) is 4.44. The van der Waals surface area contributed by atoms with E-state index in [1.807, 2.05) is 25.1 Å². The molecule has 2 N–H and O–H groups in total. The first-order valence-corrected chi connectivity index (χ1v) is 6.46. The van der Waals surface area contributed by atoms with E-state index >= 15 is 0 Å². The number of methoxy groups -OCH3 is 1. The number of ether oxygens (including phenoxy) is 2. The van der Waals surface area contributed by atoms with Gasteiger partial charge in [-0.1, -0.05) is 11.2 Å². The summed E-state index contributed by atoms with van der Waals surface area (Å²) >= 11 is 0. The van der Waals surface area contributed by atoms with Gasteiger partial charge in [0.15, 0.2) is 5.82 Å². The molecule has 0 spiro atoms. The predicted molar refractivity (Wildman–Crippen MR) is 75.3 cm³/mol. The number of nitrogens with zero attached hydrogens (tertiary/aromatic N) is 2. The molecule has 0 unspecified atom stereocenters. The van der Waals surface area contributed by atoms with Gasteiger partial charge in [-0.3, -0.25) is 0 Å². The molecule has 1 aromatic heterocycles. The second-order valence-corrected chi connectivity index (χ2v) is 4.44. The normalized spacial score (nSPS) is 10.9. The van der Waals surface area contributed by atoms with Crippen molar-refractivity contribution in [3.8, 4) is 11.5 Å². The fourth-order valence-corrected chi connectivity index (χ4v) is 1.65. The number of rotatable bonds is 7. The molecule has 0 atom stereocenters. The molecule has 1 heterocycles. The first-order chi connectivity index (χ1) is 9.70. The molecule has 0 amide bonds. The maximum absolute atomic E-state index is 5.87. The van der Waals surface area contributed by atoms with Gasteiger partial charge in [0.25, 0.3) is 5.89 Å². The van der Waals surface area contributed by atoms with Gasteiger partial charge in [0.1, 0.15) is 0 Å². The number of benzene rings is 1. The Bertz CT molecular complexity index is 554. The number of nitrogens with two attached hydrogens (primary N) is 1. The highest BCUT2D eigenvalue weighted by atomic mass is 16.5. The topological polar surface area (TPSA) is 83.4 Å². The average Bonchev–Trinajstić information content (AvgIpc) is 2.90. The Kier molecular flexibility index (Phi) is 5.09. The van der Waals surface area contributed by atoms with Crippen LogP contribution < -0.4 is 5.73 Å². The van der Waals surface area contributed by atoms with Crippen molar-refractivity contribution in [3.63, 3.8) is 0 Å². The van der Waals surface area contributed by atoms with E-state index in [-0.39, 0.29) is 0 Å². The summed E-state index contributed by atoms with van der Waals surface area (Å²) in [5, 5.41) is 3.92. The first-order valence-electron chi connectivity index (χ1n) is 6.46. The van der Waals surface area contributed by atoms with E-state index < -0.39 is 0 Å². The van der Waals surface area contributed by atoms with Crippen molar-refractivity contribution in [2.75, 3.05) is 32.7 Å². The number of anilines is 1. The lowest BCUT2D eigenvalue weighted by atomic mass is 10.1. The van der Waals surface area contributed by atoms with Crippen LogP contribution in [0.1, 0.15) is 11.4 Å². The van der Waals surface area contributed by atoms with Gasteiger partial charge in [0, 0.05) is 24.8 Å². The van der Waals surface area contributed by atoms with Crippen molar-refractivity contribution < 1.29 is 14.0 Å². The van der Waals surface area contributed by atoms with Gasteiger partial charge >= 0.3 is 0 Å². The van der Waals surface area contributed by atoms with Crippen LogP contribution in [0.2, 0.25) is 0 Å². The van der Waals surface area contributed by atoms with Gasteiger partial charge in [-0.2, -0.15) is 4.98 Å². The Balaban J connectivity index is 1.93. The zero-order valence-corrected chi connectivity index (χ0v) is 11.8. The van der Waals surface area contributed by atoms with Crippen LogP contribution in [-0.4, -0.2) is 37.1 Å².